The zero-order valence-electron chi connectivity index (χ0n) is 15.6. The highest BCUT2D eigenvalue weighted by Crippen LogP contribution is 2.12. The first-order valence-electron chi connectivity index (χ1n) is 8.34. The quantitative estimate of drug-likeness (QED) is 0.441. The number of hydrogen-bond donors (Lipinski definition) is 1. The van der Waals surface area contributed by atoms with E-state index in [2.05, 4.69) is 18.7 Å². The zero-order valence-corrected chi connectivity index (χ0v) is 15.6. The van der Waals surface area contributed by atoms with E-state index in [1.54, 1.807) is 12.1 Å². The number of rotatable bonds is 4. The van der Waals surface area contributed by atoms with Gasteiger partial charge in [0.2, 0.25) is 0 Å². The lowest BCUT2D eigenvalue weighted by Gasteiger charge is -2.17. The Balaban J connectivity index is 0.000000321. The van der Waals surface area contributed by atoms with Crippen molar-refractivity contribution in [3.63, 3.8) is 0 Å². The summed E-state index contributed by atoms with van der Waals surface area (Å²) in [4.78, 5) is 10.5. The van der Waals surface area contributed by atoms with E-state index in [0.717, 1.165) is 11.6 Å². The molecule has 136 valence electrons. The van der Waals surface area contributed by atoms with Crippen LogP contribution in [0.4, 0.5) is 0 Å². The van der Waals surface area contributed by atoms with Crippen LogP contribution in [-0.2, 0) is 9.53 Å². The van der Waals surface area contributed by atoms with Crippen LogP contribution in [0, 0.1) is 0 Å². The van der Waals surface area contributed by atoms with Crippen molar-refractivity contribution >= 4 is 18.1 Å². The highest BCUT2D eigenvalue weighted by molar-refractivity contribution is 5.81. The summed E-state index contributed by atoms with van der Waals surface area (Å²) in [7, 11) is 0. The number of phenolic OH excluding ortho intramolecular Hbond substituents is 1. The number of ether oxygens (including phenoxy) is 1. The molecule has 3 nitrogen and oxygen atoms in total. The number of benzene rings is 2. The molecule has 0 radical (unpaired) electrons. The fourth-order valence-corrected chi connectivity index (χ4v) is 1.87. The third kappa shape index (κ3) is 9.93. The fourth-order valence-electron chi connectivity index (χ4n) is 1.87. The van der Waals surface area contributed by atoms with Crippen LogP contribution in [-0.4, -0.2) is 16.7 Å². The van der Waals surface area contributed by atoms with E-state index in [9.17, 15) is 9.90 Å². The minimum Gasteiger partial charge on any atom is -0.508 e. The topological polar surface area (TPSA) is 46.5 Å². The molecule has 0 unspecified atom stereocenters. The number of esters is 1. The second kappa shape index (κ2) is 10.7. The highest BCUT2D eigenvalue weighted by Gasteiger charge is 2.12. The van der Waals surface area contributed by atoms with Crippen molar-refractivity contribution < 1.29 is 14.6 Å². The largest absolute Gasteiger partial charge is 0.508 e. The number of phenols is 1. The number of carbonyl (C=O) groups is 1. The average molecular weight is 350 g/mol. The van der Waals surface area contributed by atoms with Crippen LogP contribution in [0.25, 0.3) is 12.2 Å². The lowest BCUT2D eigenvalue weighted by molar-refractivity contribution is -0.148. The molecule has 3 heteroatoms. The molecule has 1 N–H and O–H groups in total. The van der Waals surface area contributed by atoms with Crippen LogP contribution in [0.1, 0.15) is 31.9 Å². The predicted octanol–water partition coefficient (Wildman–Crippen LogP) is 5.63. The summed E-state index contributed by atoms with van der Waals surface area (Å²) < 4.78 is 4.83. The van der Waals surface area contributed by atoms with Crippen LogP contribution in [0.5, 0.6) is 5.75 Å². The van der Waals surface area contributed by atoms with Crippen molar-refractivity contribution in [1.82, 2.24) is 0 Å². The predicted molar refractivity (Wildman–Crippen MR) is 109 cm³/mol. The minimum absolute atomic E-state index is 0.291. The van der Waals surface area contributed by atoms with E-state index in [-0.39, 0.29) is 5.97 Å². The summed E-state index contributed by atoms with van der Waals surface area (Å²) in [6, 6.07) is 17.3. The molecule has 0 atom stereocenters. The third-order valence-corrected chi connectivity index (χ3v) is 2.93. The van der Waals surface area contributed by atoms with E-state index in [1.165, 1.54) is 5.56 Å². The molecule has 0 aliphatic rings. The van der Waals surface area contributed by atoms with Gasteiger partial charge in [0, 0.05) is 6.08 Å². The van der Waals surface area contributed by atoms with Gasteiger partial charge in [-0.2, -0.15) is 0 Å². The number of carbonyl (C=O) groups excluding carboxylic acids is 1. The maximum Gasteiger partial charge on any atom is 0.330 e. The molecule has 0 bridgehead atoms. The van der Waals surface area contributed by atoms with Crippen LogP contribution < -0.4 is 0 Å². The molecule has 0 saturated carbocycles. The Kier molecular flexibility index (Phi) is 8.65. The molecule has 2 aromatic carbocycles. The van der Waals surface area contributed by atoms with Crippen molar-refractivity contribution in [2.24, 2.45) is 0 Å². The first-order valence-corrected chi connectivity index (χ1v) is 8.34. The molecule has 0 heterocycles. The number of allylic oxidation sites excluding steroid dienone is 2. The Labute approximate surface area is 156 Å². The molecule has 0 aliphatic heterocycles. The summed E-state index contributed by atoms with van der Waals surface area (Å²) in [6.07, 6.45) is 9.10. The van der Waals surface area contributed by atoms with Crippen LogP contribution >= 0.6 is 0 Å². The van der Waals surface area contributed by atoms with Crippen molar-refractivity contribution in [1.29, 1.82) is 0 Å². The van der Waals surface area contributed by atoms with Gasteiger partial charge in [0.15, 0.2) is 0 Å². The van der Waals surface area contributed by atoms with Gasteiger partial charge in [-0.3, -0.25) is 0 Å². The van der Waals surface area contributed by atoms with Gasteiger partial charge in [0.25, 0.3) is 0 Å². The Bertz CT molecular complexity index is 751. The molecule has 2 aromatic rings. The summed E-state index contributed by atoms with van der Waals surface area (Å²) in [6.45, 7) is 8.71. The van der Waals surface area contributed by atoms with Crippen LogP contribution in [0.3, 0.4) is 0 Å². The Morgan fingerprint density at radius 3 is 2.04 bits per heavy atom. The smallest absolute Gasteiger partial charge is 0.330 e. The fraction of sp³-hybridized carbons (Fsp3) is 0.174. The van der Waals surface area contributed by atoms with Crippen molar-refractivity contribution in [3.8, 4) is 5.75 Å². The van der Waals surface area contributed by atoms with Gasteiger partial charge in [0.1, 0.15) is 11.4 Å². The Hall–Kier alpha value is -3.07. The molecular formula is C23H26O3. The highest BCUT2D eigenvalue weighted by atomic mass is 16.6. The summed E-state index contributed by atoms with van der Waals surface area (Å²) in [5.41, 5.74) is 1.77. The maximum atomic E-state index is 10.5. The van der Waals surface area contributed by atoms with Gasteiger partial charge >= 0.3 is 5.97 Å². The zero-order chi connectivity index (χ0) is 19.4. The molecule has 0 aromatic heterocycles. The molecular weight excluding hydrogens is 324 g/mol. The summed E-state index contributed by atoms with van der Waals surface area (Å²) in [5, 5.41) is 9.30. The van der Waals surface area contributed by atoms with Crippen molar-refractivity contribution in [3.05, 3.63) is 90.5 Å². The average Bonchev–Trinajstić information content (AvgIpc) is 2.59. The lowest BCUT2D eigenvalue weighted by Crippen LogP contribution is -2.22. The normalized spacial score (nSPS) is 11.0. The van der Waals surface area contributed by atoms with E-state index in [0.29, 0.717) is 5.75 Å². The molecule has 0 fully saturated rings. The van der Waals surface area contributed by atoms with E-state index in [1.807, 2.05) is 75.4 Å². The van der Waals surface area contributed by atoms with E-state index < -0.39 is 5.60 Å². The number of hydrogen-bond acceptors (Lipinski definition) is 3. The molecule has 0 aliphatic carbocycles. The molecule has 0 amide bonds. The maximum absolute atomic E-state index is 10.5. The number of aromatic hydroxyl groups is 1. The second-order valence-corrected chi connectivity index (χ2v) is 6.46. The molecule has 26 heavy (non-hydrogen) atoms. The van der Waals surface area contributed by atoms with Gasteiger partial charge in [0.05, 0.1) is 0 Å². The van der Waals surface area contributed by atoms with Gasteiger partial charge in [-0.1, -0.05) is 73.3 Å². The van der Waals surface area contributed by atoms with E-state index in [4.69, 9.17) is 4.74 Å². The van der Waals surface area contributed by atoms with Gasteiger partial charge in [-0.05, 0) is 44.0 Å². The van der Waals surface area contributed by atoms with Crippen LogP contribution in [0.15, 0.2) is 79.4 Å². The first kappa shape index (κ1) is 21.0. The second-order valence-electron chi connectivity index (χ2n) is 6.46. The van der Waals surface area contributed by atoms with Gasteiger partial charge < -0.3 is 9.84 Å². The van der Waals surface area contributed by atoms with Gasteiger partial charge in [-0.25, -0.2) is 4.79 Å². The molecule has 0 spiro atoms. The SMILES string of the molecule is C=CC(=O)OC(C)(C)C.Oc1cccc(C=CC=Cc2ccccc2)c1. The van der Waals surface area contributed by atoms with Crippen molar-refractivity contribution in [2.75, 3.05) is 0 Å². The molecule has 2 rings (SSSR count). The minimum atomic E-state index is -0.398. The first-order chi connectivity index (χ1) is 12.3. The summed E-state index contributed by atoms with van der Waals surface area (Å²) in [5.74, 6) is -0.0818. The monoisotopic (exact) mass is 350 g/mol. The lowest BCUT2D eigenvalue weighted by atomic mass is 10.2. The summed E-state index contributed by atoms with van der Waals surface area (Å²) >= 11 is 0. The third-order valence-electron chi connectivity index (χ3n) is 2.93. The molecule has 0 saturated heterocycles. The van der Waals surface area contributed by atoms with Crippen LogP contribution in [0.2, 0.25) is 0 Å². The Morgan fingerprint density at radius 1 is 0.962 bits per heavy atom. The van der Waals surface area contributed by atoms with Gasteiger partial charge in [-0.15, -0.1) is 0 Å². The van der Waals surface area contributed by atoms with E-state index >= 15 is 0 Å². The van der Waals surface area contributed by atoms with Crippen molar-refractivity contribution in [2.45, 2.75) is 26.4 Å². The Morgan fingerprint density at radius 2 is 1.54 bits per heavy atom. The standard InChI is InChI=1S/C16H14O.C7H12O2/c17-16-12-6-11-15(13-16)10-5-4-9-14-7-2-1-3-8-14;1-5-6(8)9-7(2,3)4/h1-13,17H;5H,1H2,2-4H3.